The van der Waals surface area contributed by atoms with Gasteiger partial charge in [-0.1, -0.05) is 17.7 Å². The molecule has 2 aromatic carbocycles. The van der Waals surface area contributed by atoms with Crippen molar-refractivity contribution >= 4 is 42.6 Å². The average molecular weight is 466 g/mol. The van der Waals surface area contributed by atoms with Crippen LogP contribution in [0.2, 0.25) is 0 Å². The third-order valence-corrected chi connectivity index (χ3v) is 6.97. The smallest absolute Gasteiger partial charge is 0.206 e. The van der Waals surface area contributed by atoms with E-state index in [9.17, 15) is 16.8 Å². The number of nitrogens with one attached hydrogen (secondary N) is 1. The highest BCUT2D eigenvalue weighted by atomic mass is 127. The molecule has 9 heteroatoms. The minimum atomic E-state index is -3.98. The molecule has 0 spiro atoms. The van der Waals surface area contributed by atoms with E-state index in [0.717, 1.165) is 16.2 Å². The van der Waals surface area contributed by atoms with E-state index in [1.165, 1.54) is 24.3 Å². The first-order valence-electron chi connectivity index (χ1n) is 6.46. The van der Waals surface area contributed by atoms with Crippen LogP contribution in [0, 0.1) is 10.5 Å². The van der Waals surface area contributed by atoms with Crippen LogP contribution in [0.1, 0.15) is 5.56 Å². The van der Waals surface area contributed by atoms with E-state index in [-0.39, 0.29) is 9.79 Å². The van der Waals surface area contributed by atoms with Gasteiger partial charge in [0, 0.05) is 10.6 Å². The van der Waals surface area contributed by atoms with Crippen LogP contribution in [0.15, 0.2) is 58.3 Å². The number of halogens is 1. The Balaban J connectivity index is 2.28. The van der Waals surface area contributed by atoms with Gasteiger partial charge in [0.15, 0.2) is 0 Å². The van der Waals surface area contributed by atoms with Gasteiger partial charge >= 0.3 is 0 Å². The van der Waals surface area contributed by atoms with Crippen LogP contribution in [-0.2, 0) is 20.0 Å². The molecule has 0 atom stereocenters. The van der Waals surface area contributed by atoms with E-state index in [1.54, 1.807) is 24.3 Å². The quantitative estimate of drug-likeness (QED) is 0.541. The van der Waals surface area contributed by atoms with Gasteiger partial charge in [-0.2, -0.15) is 0 Å². The van der Waals surface area contributed by atoms with Gasteiger partial charge in [-0.3, -0.25) is 0 Å². The van der Waals surface area contributed by atoms with Crippen molar-refractivity contribution in [3.8, 4) is 0 Å². The van der Waals surface area contributed by atoms with E-state index in [4.69, 9.17) is 0 Å². The van der Waals surface area contributed by atoms with E-state index < -0.39 is 20.0 Å². The molecule has 0 fully saturated rings. The normalized spacial score (nSPS) is 12.5. The molecule has 1 N–H and O–H groups in total. The topological polar surface area (TPSA) is 83.6 Å². The Kier molecular flexibility index (Phi) is 5.46. The summed E-state index contributed by atoms with van der Waals surface area (Å²) in [4.78, 5) is 2.06. The molecule has 0 radical (unpaired) electrons. The second-order valence-electron chi connectivity index (χ2n) is 4.83. The minimum Gasteiger partial charge on any atom is -0.206 e. The summed E-state index contributed by atoms with van der Waals surface area (Å²) in [5.41, 5.74) is 0.906. The Hall–Kier alpha value is -1.01. The van der Waals surface area contributed by atoms with Crippen molar-refractivity contribution in [2.45, 2.75) is 16.7 Å². The number of hydrazine groups is 1. The first-order valence-corrected chi connectivity index (χ1v) is 10.5. The fourth-order valence-electron chi connectivity index (χ4n) is 1.75. The van der Waals surface area contributed by atoms with Crippen LogP contribution in [-0.4, -0.2) is 28.3 Å². The summed E-state index contributed by atoms with van der Waals surface area (Å²) in [5.74, 6) is 0. The van der Waals surface area contributed by atoms with Crippen molar-refractivity contribution in [3.63, 3.8) is 0 Å². The molecule has 0 saturated carbocycles. The standard InChI is InChI=1S/C14H15IN2O4S2/c1-11-3-7-13(8-4-11)22(18,19)16-17(2)23(20,21)14-9-5-12(15)6-10-14/h3-10,16H,1-2H3. The van der Waals surface area contributed by atoms with E-state index in [2.05, 4.69) is 27.4 Å². The summed E-state index contributed by atoms with van der Waals surface area (Å²) < 4.78 is 50.8. The van der Waals surface area contributed by atoms with Crippen LogP contribution < -0.4 is 4.83 Å². The molecule has 0 amide bonds. The number of hydrogen-bond acceptors (Lipinski definition) is 4. The van der Waals surface area contributed by atoms with Crippen molar-refractivity contribution in [3.05, 3.63) is 57.7 Å². The lowest BCUT2D eigenvalue weighted by molar-refractivity contribution is 0.432. The number of rotatable bonds is 5. The monoisotopic (exact) mass is 466 g/mol. The predicted octanol–water partition coefficient (Wildman–Crippen LogP) is 2.11. The third-order valence-electron chi connectivity index (χ3n) is 3.05. The van der Waals surface area contributed by atoms with Crippen molar-refractivity contribution in [1.82, 2.24) is 9.25 Å². The molecule has 0 aliphatic carbocycles. The lowest BCUT2D eigenvalue weighted by Gasteiger charge is -2.18. The Morgan fingerprint density at radius 1 is 0.870 bits per heavy atom. The van der Waals surface area contributed by atoms with E-state index >= 15 is 0 Å². The molecule has 6 nitrogen and oxygen atoms in total. The number of benzene rings is 2. The molecule has 124 valence electrons. The molecule has 0 aliphatic heterocycles. The predicted molar refractivity (Wildman–Crippen MR) is 95.6 cm³/mol. The molecule has 0 bridgehead atoms. The lowest BCUT2D eigenvalue weighted by Crippen LogP contribution is -2.43. The van der Waals surface area contributed by atoms with Crippen molar-refractivity contribution in [1.29, 1.82) is 0 Å². The molecular weight excluding hydrogens is 451 g/mol. The zero-order valence-corrected chi connectivity index (χ0v) is 16.2. The van der Waals surface area contributed by atoms with Crippen LogP contribution in [0.4, 0.5) is 0 Å². The maximum Gasteiger partial charge on any atom is 0.256 e. The Morgan fingerprint density at radius 2 is 1.35 bits per heavy atom. The van der Waals surface area contributed by atoms with Gasteiger partial charge in [-0.15, -0.1) is 9.25 Å². The Morgan fingerprint density at radius 3 is 1.87 bits per heavy atom. The van der Waals surface area contributed by atoms with Crippen molar-refractivity contribution < 1.29 is 16.8 Å². The first kappa shape index (κ1) is 18.3. The maximum absolute atomic E-state index is 12.4. The molecule has 23 heavy (non-hydrogen) atoms. The van der Waals surface area contributed by atoms with Crippen molar-refractivity contribution in [2.24, 2.45) is 0 Å². The number of aryl methyl sites for hydroxylation is 1. The molecule has 2 rings (SSSR count). The van der Waals surface area contributed by atoms with Gasteiger partial charge in [-0.25, -0.2) is 16.8 Å². The molecule has 0 aromatic heterocycles. The summed E-state index contributed by atoms with van der Waals surface area (Å²) >= 11 is 2.05. The van der Waals surface area contributed by atoms with Crippen LogP contribution >= 0.6 is 22.6 Å². The minimum absolute atomic E-state index is 0.00650. The number of hydrogen-bond donors (Lipinski definition) is 1. The molecular formula is C14H15IN2O4S2. The van der Waals surface area contributed by atoms with Gasteiger partial charge in [0.2, 0.25) is 0 Å². The zero-order chi connectivity index (χ0) is 17.3. The summed E-state index contributed by atoms with van der Waals surface area (Å²) in [5, 5.41) is 0. The highest BCUT2D eigenvalue weighted by Crippen LogP contribution is 2.17. The first-order chi connectivity index (χ1) is 10.6. The second-order valence-corrected chi connectivity index (χ2v) is 9.71. The molecule has 0 aliphatic rings. The average Bonchev–Trinajstić information content (AvgIpc) is 2.47. The molecule has 0 unspecified atom stereocenters. The van der Waals surface area contributed by atoms with E-state index in [1.807, 2.05) is 6.92 Å². The van der Waals surface area contributed by atoms with Gasteiger partial charge in [-0.05, 0) is 65.9 Å². The second kappa shape index (κ2) is 6.85. The number of nitrogens with zero attached hydrogens (tertiary/aromatic N) is 1. The fraction of sp³-hybridized carbons (Fsp3) is 0.143. The van der Waals surface area contributed by atoms with Gasteiger partial charge in [0.1, 0.15) is 0 Å². The van der Waals surface area contributed by atoms with Crippen LogP contribution in [0.3, 0.4) is 0 Å². The molecule has 0 heterocycles. The summed E-state index contributed by atoms with van der Waals surface area (Å²) in [6, 6.07) is 12.2. The van der Waals surface area contributed by atoms with Crippen LogP contribution in [0.25, 0.3) is 0 Å². The Labute approximate surface area is 149 Å². The molecule has 0 saturated heterocycles. The van der Waals surface area contributed by atoms with Crippen LogP contribution in [0.5, 0.6) is 0 Å². The SMILES string of the molecule is Cc1ccc(S(=O)(=O)NN(C)S(=O)(=O)c2ccc(I)cc2)cc1. The third kappa shape index (κ3) is 4.29. The van der Waals surface area contributed by atoms with Gasteiger partial charge < -0.3 is 0 Å². The maximum atomic E-state index is 12.4. The molecule has 2 aromatic rings. The largest absolute Gasteiger partial charge is 0.256 e. The lowest BCUT2D eigenvalue weighted by atomic mass is 10.2. The highest BCUT2D eigenvalue weighted by Gasteiger charge is 2.26. The van der Waals surface area contributed by atoms with Crippen molar-refractivity contribution in [2.75, 3.05) is 7.05 Å². The zero-order valence-electron chi connectivity index (χ0n) is 12.4. The number of sulfonamides is 2. The van der Waals surface area contributed by atoms with Gasteiger partial charge in [0.05, 0.1) is 9.79 Å². The van der Waals surface area contributed by atoms with E-state index in [0.29, 0.717) is 4.41 Å². The van der Waals surface area contributed by atoms with Gasteiger partial charge in [0.25, 0.3) is 20.0 Å². The fourth-order valence-corrected chi connectivity index (χ4v) is 4.53. The summed E-state index contributed by atoms with van der Waals surface area (Å²) in [6.45, 7) is 1.83. The summed E-state index contributed by atoms with van der Waals surface area (Å²) in [7, 11) is -6.79. The summed E-state index contributed by atoms with van der Waals surface area (Å²) in [6.07, 6.45) is 0. The Bertz CT molecular complexity index is 893. The highest BCUT2D eigenvalue weighted by molar-refractivity contribution is 14.1.